The molecular weight excluding hydrogens is 634 g/mol. The van der Waals surface area contributed by atoms with Crippen LogP contribution in [0.3, 0.4) is 0 Å². The summed E-state index contributed by atoms with van der Waals surface area (Å²) in [7, 11) is 3.01. The average Bonchev–Trinajstić information content (AvgIpc) is 3.61. The summed E-state index contributed by atoms with van der Waals surface area (Å²) in [5.41, 5.74) is 1.92. The van der Waals surface area contributed by atoms with Crippen LogP contribution < -0.4 is 14.8 Å². The highest BCUT2D eigenvalue weighted by Gasteiger charge is 2.27. The summed E-state index contributed by atoms with van der Waals surface area (Å²) in [5.74, 6) is 0.821. The van der Waals surface area contributed by atoms with Crippen LogP contribution >= 0.6 is 11.6 Å². The second kappa shape index (κ2) is 20.1. The van der Waals surface area contributed by atoms with E-state index in [0.717, 1.165) is 25.0 Å². The number of benzene rings is 1. The van der Waals surface area contributed by atoms with E-state index in [-0.39, 0.29) is 24.4 Å². The van der Waals surface area contributed by atoms with Crippen molar-refractivity contribution in [1.29, 1.82) is 0 Å². The number of methoxy groups -OCH3 is 2. The van der Waals surface area contributed by atoms with Gasteiger partial charge in [0, 0.05) is 17.5 Å². The van der Waals surface area contributed by atoms with Gasteiger partial charge in [-0.05, 0) is 6.42 Å². The first-order chi connectivity index (χ1) is 23.1. The summed E-state index contributed by atoms with van der Waals surface area (Å²) in [6, 6.07) is 3.24. The number of aromatic amines is 1. The number of amides is 1. The molecule has 0 saturated heterocycles. The molecule has 0 radical (unpaired) electrons. The Labute approximate surface area is 290 Å². The fraction of sp³-hybridized carbons (Fsp3) is 0.667. The number of fused-ring (bicyclic) bond motifs is 1. The Morgan fingerprint density at radius 2 is 1.35 bits per heavy atom. The molecule has 2 aromatic heterocycles. The van der Waals surface area contributed by atoms with Gasteiger partial charge >= 0.3 is 12.1 Å². The number of nitrogens with zero attached hydrogens (tertiary/aromatic N) is 3. The van der Waals surface area contributed by atoms with Crippen molar-refractivity contribution in [1.82, 2.24) is 19.8 Å². The van der Waals surface area contributed by atoms with E-state index in [2.05, 4.69) is 27.4 Å². The van der Waals surface area contributed by atoms with Gasteiger partial charge in [0.2, 0.25) is 0 Å². The molecule has 11 nitrogen and oxygen atoms in total. The Bertz CT molecular complexity index is 1410. The van der Waals surface area contributed by atoms with Crippen LogP contribution in [0.15, 0.2) is 12.1 Å². The molecule has 0 unspecified atom stereocenters. The quantitative estimate of drug-likeness (QED) is 0.0788. The van der Waals surface area contributed by atoms with E-state index in [1.165, 1.54) is 89.5 Å². The summed E-state index contributed by atoms with van der Waals surface area (Å²) in [4.78, 5) is 27.8. The Balaban J connectivity index is 1.34. The fourth-order valence-electron chi connectivity index (χ4n) is 5.54. The van der Waals surface area contributed by atoms with Crippen molar-refractivity contribution in [2.24, 2.45) is 0 Å². The van der Waals surface area contributed by atoms with Crippen molar-refractivity contribution in [3.8, 4) is 22.9 Å². The highest BCUT2D eigenvalue weighted by atomic mass is 35.5. The van der Waals surface area contributed by atoms with Crippen molar-refractivity contribution >= 4 is 35.0 Å². The average molecular weight is 690 g/mol. The number of halogens is 1. The number of hydrogen-bond acceptors (Lipinski definition) is 8. The first kappa shape index (κ1) is 39.0. The zero-order valence-electron chi connectivity index (χ0n) is 29.8. The van der Waals surface area contributed by atoms with Crippen LogP contribution in [0, 0.1) is 0 Å². The molecule has 1 aromatic carbocycles. The summed E-state index contributed by atoms with van der Waals surface area (Å²) in [6.07, 6.45) is 17.1. The van der Waals surface area contributed by atoms with Crippen LogP contribution in [0.2, 0.25) is 5.02 Å². The van der Waals surface area contributed by atoms with Crippen molar-refractivity contribution < 1.29 is 28.5 Å². The minimum Gasteiger partial charge on any atom is -0.496 e. The molecule has 0 spiro atoms. The second-order valence-corrected chi connectivity index (χ2v) is 13.7. The number of H-pyrrole nitrogens is 1. The predicted octanol–water partition coefficient (Wildman–Crippen LogP) is 9.66. The van der Waals surface area contributed by atoms with Gasteiger partial charge in [-0.15, -0.1) is 9.73 Å². The number of carbonyl (C=O) groups excluding carboxylic acids is 2. The van der Waals surface area contributed by atoms with Crippen LogP contribution in [0.5, 0.6) is 11.5 Å². The lowest BCUT2D eigenvalue weighted by molar-refractivity contribution is -0.144. The summed E-state index contributed by atoms with van der Waals surface area (Å²) >= 11 is 6.61. The first-order valence-electron chi connectivity index (χ1n) is 17.6. The number of ether oxygens (including phenoxy) is 4. The van der Waals surface area contributed by atoms with Crippen molar-refractivity contribution in [3.63, 3.8) is 0 Å². The maximum absolute atomic E-state index is 12.5. The van der Waals surface area contributed by atoms with Crippen LogP contribution in [-0.2, 0) is 19.7 Å². The van der Waals surface area contributed by atoms with E-state index < -0.39 is 6.09 Å². The number of carbonyl (C=O) groups is 2. The molecule has 0 atom stereocenters. The van der Waals surface area contributed by atoms with Crippen LogP contribution in [0.1, 0.15) is 130 Å². The van der Waals surface area contributed by atoms with Gasteiger partial charge in [-0.3, -0.25) is 10.1 Å². The Morgan fingerprint density at radius 1 is 0.812 bits per heavy atom. The van der Waals surface area contributed by atoms with Crippen LogP contribution in [-0.4, -0.2) is 59.3 Å². The lowest BCUT2D eigenvalue weighted by atomic mass is 9.92. The standard InChI is InChI=1S/C36H56ClN5O6/c1-7-8-9-10-11-12-13-14-15-16-17-18-19-20-22-47-29(43)21-23-48-35(44)38-26-24-27(45-5)30(28(25-26)46-6)33-39-34-31(37)32(36(2,3)4)40-42(34)41-33/h24-25H,7-23H2,1-6H3,(H,38,44)(H,39,41). The number of nitrogens with one attached hydrogen (secondary N) is 2. The van der Waals surface area contributed by atoms with Gasteiger partial charge < -0.3 is 23.9 Å². The molecule has 268 valence electrons. The number of esters is 1. The van der Waals surface area contributed by atoms with Crippen molar-refractivity contribution in [3.05, 3.63) is 22.8 Å². The van der Waals surface area contributed by atoms with E-state index in [0.29, 0.717) is 45.9 Å². The number of anilines is 1. The van der Waals surface area contributed by atoms with Gasteiger partial charge in [0.1, 0.15) is 28.7 Å². The van der Waals surface area contributed by atoms with Crippen molar-refractivity contribution in [2.75, 3.05) is 32.8 Å². The van der Waals surface area contributed by atoms with E-state index in [9.17, 15) is 9.59 Å². The highest BCUT2D eigenvalue weighted by Crippen LogP contribution is 2.41. The Hall–Kier alpha value is -3.47. The van der Waals surface area contributed by atoms with Gasteiger partial charge in [-0.25, -0.2) is 4.79 Å². The van der Waals surface area contributed by atoms with Gasteiger partial charge in [-0.2, -0.15) is 5.10 Å². The molecule has 0 bridgehead atoms. The largest absolute Gasteiger partial charge is 0.496 e. The summed E-state index contributed by atoms with van der Waals surface area (Å²) < 4.78 is 23.2. The van der Waals surface area contributed by atoms with E-state index in [1.807, 2.05) is 20.8 Å². The monoisotopic (exact) mass is 689 g/mol. The Morgan fingerprint density at radius 3 is 1.85 bits per heavy atom. The molecule has 2 heterocycles. The number of unbranched alkanes of at least 4 members (excludes halogenated alkanes) is 13. The first-order valence-corrected chi connectivity index (χ1v) is 18.0. The SMILES string of the molecule is CCCCCCCCCCCCCCCCOC(=O)CCOC(=O)Nc1cc(OC)c(-c2nn3nc(C(C)(C)C)c(Cl)c3[nH]2)c(OC)c1. The van der Waals surface area contributed by atoms with Crippen LogP contribution in [0.25, 0.3) is 17.0 Å². The molecule has 1 amide bonds. The Kier molecular flexibility index (Phi) is 16.4. The molecular formula is C36H56ClN5O6. The van der Waals surface area contributed by atoms with Gasteiger partial charge in [0.15, 0.2) is 11.5 Å². The summed E-state index contributed by atoms with van der Waals surface area (Å²) in [5, 5.41) is 12.2. The summed E-state index contributed by atoms with van der Waals surface area (Å²) in [6.45, 7) is 8.63. The number of hydrogen-bond donors (Lipinski definition) is 2. The maximum Gasteiger partial charge on any atom is 0.411 e. The van der Waals surface area contributed by atoms with Gasteiger partial charge in [0.25, 0.3) is 0 Å². The fourth-order valence-corrected chi connectivity index (χ4v) is 5.99. The molecule has 3 aromatic rings. The molecule has 0 fully saturated rings. The molecule has 0 aliphatic carbocycles. The number of aromatic nitrogens is 4. The van der Waals surface area contributed by atoms with E-state index >= 15 is 0 Å². The lowest BCUT2D eigenvalue weighted by Gasteiger charge is -2.15. The molecule has 3 rings (SSSR count). The predicted molar refractivity (Wildman–Crippen MR) is 190 cm³/mol. The normalized spacial score (nSPS) is 11.6. The van der Waals surface area contributed by atoms with E-state index in [1.54, 1.807) is 12.1 Å². The third kappa shape index (κ3) is 12.2. The topological polar surface area (TPSA) is 129 Å². The number of rotatable bonds is 22. The third-order valence-corrected chi connectivity index (χ3v) is 8.60. The molecule has 48 heavy (non-hydrogen) atoms. The smallest absolute Gasteiger partial charge is 0.411 e. The molecule has 0 saturated carbocycles. The molecule has 0 aliphatic heterocycles. The van der Waals surface area contributed by atoms with Crippen molar-refractivity contribution in [2.45, 2.75) is 129 Å². The molecule has 12 heteroatoms. The van der Waals surface area contributed by atoms with Gasteiger partial charge in [0.05, 0.1) is 38.6 Å². The molecule has 2 N–H and O–H groups in total. The van der Waals surface area contributed by atoms with Gasteiger partial charge in [-0.1, -0.05) is 123 Å². The zero-order valence-corrected chi connectivity index (χ0v) is 30.6. The lowest BCUT2D eigenvalue weighted by Crippen LogP contribution is -2.17. The maximum atomic E-state index is 12.5. The van der Waals surface area contributed by atoms with Crippen LogP contribution in [0.4, 0.5) is 10.5 Å². The molecule has 0 aliphatic rings. The third-order valence-electron chi connectivity index (χ3n) is 8.24. The minimum atomic E-state index is -0.718. The second-order valence-electron chi connectivity index (χ2n) is 13.3. The van der Waals surface area contributed by atoms with E-state index in [4.69, 9.17) is 30.5 Å². The zero-order chi connectivity index (χ0) is 34.9. The highest BCUT2D eigenvalue weighted by molar-refractivity contribution is 6.34. The minimum absolute atomic E-state index is 0.0165.